The van der Waals surface area contributed by atoms with Crippen LogP contribution in [0.15, 0.2) is 16.7 Å². The Kier molecular flexibility index (Phi) is 4.70. The van der Waals surface area contributed by atoms with Crippen molar-refractivity contribution in [1.29, 1.82) is 0 Å². The van der Waals surface area contributed by atoms with Crippen molar-refractivity contribution in [3.05, 3.63) is 29.3 Å². The molecule has 2 aromatic rings. The number of carbonyl (C=O) groups is 1. The fourth-order valence-electron chi connectivity index (χ4n) is 4.24. The molecule has 0 radical (unpaired) electrons. The summed E-state index contributed by atoms with van der Waals surface area (Å²) < 4.78 is 7.44. The average molecular weight is 357 g/mol. The molecule has 2 aliphatic rings. The molecule has 1 saturated carbocycles. The number of likely N-dealkylation sites (tertiary alicyclic amines) is 1. The molecule has 1 N–H and O–H groups in total. The number of hydrogen-bond acceptors (Lipinski definition) is 4. The summed E-state index contributed by atoms with van der Waals surface area (Å²) in [6.07, 6.45) is 7.90. The second-order valence-electron chi connectivity index (χ2n) is 7.56. The molecular formula is C19H27N5O2. The lowest BCUT2D eigenvalue weighted by Crippen LogP contribution is -2.35. The van der Waals surface area contributed by atoms with Crippen LogP contribution < -0.4 is 5.32 Å². The second kappa shape index (κ2) is 7.13. The van der Waals surface area contributed by atoms with Gasteiger partial charge in [-0.05, 0) is 39.5 Å². The van der Waals surface area contributed by atoms with Gasteiger partial charge in [0.1, 0.15) is 5.82 Å². The standard InChI is InChI=1S/C19H27N5O2/c1-13-12-18(24(21-13)15-7-4-3-5-8-15)20-19(25)23-10-6-9-16(23)17-11-14(2)22-26-17/h11-12,15-16H,3-10H2,1-2H3,(H,20,25)/t16-/m0/s1. The van der Waals surface area contributed by atoms with E-state index in [-0.39, 0.29) is 12.1 Å². The van der Waals surface area contributed by atoms with Gasteiger partial charge >= 0.3 is 6.03 Å². The maximum Gasteiger partial charge on any atom is 0.323 e. The predicted molar refractivity (Wildman–Crippen MR) is 98.0 cm³/mol. The van der Waals surface area contributed by atoms with Crippen molar-refractivity contribution >= 4 is 11.8 Å². The lowest BCUT2D eigenvalue weighted by Gasteiger charge is -2.26. The third-order valence-electron chi connectivity index (χ3n) is 5.50. The van der Waals surface area contributed by atoms with Gasteiger partial charge in [-0.15, -0.1) is 0 Å². The number of rotatable bonds is 3. The van der Waals surface area contributed by atoms with Crippen LogP contribution in [-0.4, -0.2) is 32.4 Å². The number of aromatic nitrogens is 3. The minimum absolute atomic E-state index is 0.0386. The lowest BCUT2D eigenvalue weighted by molar-refractivity contribution is 0.195. The van der Waals surface area contributed by atoms with Crippen LogP contribution in [-0.2, 0) is 0 Å². The number of amides is 2. The number of anilines is 1. The molecule has 1 atom stereocenters. The lowest BCUT2D eigenvalue weighted by atomic mass is 9.96. The summed E-state index contributed by atoms with van der Waals surface area (Å²) >= 11 is 0. The van der Waals surface area contributed by atoms with Gasteiger partial charge in [-0.3, -0.25) is 5.32 Å². The largest absolute Gasteiger partial charge is 0.359 e. The smallest absolute Gasteiger partial charge is 0.323 e. The minimum Gasteiger partial charge on any atom is -0.359 e. The van der Waals surface area contributed by atoms with Crippen LogP contribution in [0.1, 0.15) is 74.2 Å². The Morgan fingerprint density at radius 1 is 1.12 bits per heavy atom. The van der Waals surface area contributed by atoms with Crippen molar-refractivity contribution in [2.75, 3.05) is 11.9 Å². The molecule has 1 aliphatic carbocycles. The maximum atomic E-state index is 13.0. The second-order valence-corrected chi connectivity index (χ2v) is 7.56. The Labute approximate surface area is 153 Å². The molecule has 0 bridgehead atoms. The number of aryl methyl sites for hydroxylation is 2. The van der Waals surface area contributed by atoms with Crippen LogP contribution in [0, 0.1) is 13.8 Å². The number of nitrogens with zero attached hydrogens (tertiary/aromatic N) is 4. The number of nitrogens with one attached hydrogen (secondary N) is 1. The van der Waals surface area contributed by atoms with Gasteiger partial charge in [0, 0.05) is 18.7 Å². The summed E-state index contributed by atoms with van der Waals surface area (Å²) in [7, 11) is 0. The van der Waals surface area contributed by atoms with Crippen LogP contribution in [0.5, 0.6) is 0 Å². The van der Waals surface area contributed by atoms with E-state index in [2.05, 4.69) is 15.6 Å². The summed E-state index contributed by atoms with van der Waals surface area (Å²) in [4.78, 5) is 14.8. The fraction of sp³-hybridized carbons (Fsp3) is 0.632. The minimum atomic E-state index is -0.0847. The number of urea groups is 1. The van der Waals surface area contributed by atoms with Crippen molar-refractivity contribution in [1.82, 2.24) is 19.8 Å². The molecule has 7 heteroatoms. The first-order valence-electron chi connectivity index (χ1n) is 9.69. The molecule has 0 spiro atoms. The van der Waals surface area contributed by atoms with Gasteiger partial charge in [-0.25, -0.2) is 9.48 Å². The molecule has 140 valence electrons. The zero-order valence-electron chi connectivity index (χ0n) is 15.6. The highest BCUT2D eigenvalue weighted by atomic mass is 16.5. The predicted octanol–water partition coefficient (Wildman–Crippen LogP) is 4.36. The SMILES string of the molecule is Cc1cc([C@@H]2CCCN2C(=O)Nc2cc(C)nn2C2CCCCC2)on1. The maximum absolute atomic E-state index is 13.0. The van der Waals surface area contributed by atoms with Crippen molar-refractivity contribution in [3.63, 3.8) is 0 Å². The van der Waals surface area contributed by atoms with Crippen LogP contribution in [0.3, 0.4) is 0 Å². The Bertz CT molecular complexity index is 775. The molecule has 4 rings (SSSR count). The molecule has 26 heavy (non-hydrogen) atoms. The van der Waals surface area contributed by atoms with Crippen LogP contribution in [0.4, 0.5) is 10.6 Å². The van der Waals surface area contributed by atoms with Crippen LogP contribution in [0.2, 0.25) is 0 Å². The van der Waals surface area contributed by atoms with Crippen LogP contribution >= 0.6 is 0 Å². The van der Waals surface area contributed by atoms with Gasteiger partial charge < -0.3 is 9.42 Å². The Hall–Kier alpha value is -2.31. The third-order valence-corrected chi connectivity index (χ3v) is 5.50. The van der Waals surface area contributed by atoms with Crippen molar-refractivity contribution < 1.29 is 9.32 Å². The molecular weight excluding hydrogens is 330 g/mol. The third kappa shape index (κ3) is 3.34. The number of carbonyl (C=O) groups excluding carboxylic acids is 1. The molecule has 2 amide bonds. The van der Waals surface area contributed by atoms with Gasteiger partial charge in [0.25, 0.3) is 0 Å². The number of hydrogen-bond donors (Lipinski definition) is 1. The van der Waals surface area contributed by atoms with Gasteiger partial charge in [0.2, 0.25) is 0 Å². The van der Waals surface area contributed by atoms with E-state index in [9.17, 15) is 4.79 Å². The average Bonchev–Trinajstić information content (AvgIpc) is 3.35. The van der Waals surface area contributed by atoms with Gasteiger partial charge in [-0.1, -0.05) is 24.4 Å². The molecule has 2 fully saturated rings. The van der Waals surface area contributed by atoms with E-state index in [0.29, 0.717) is 6.04 Å². The fourth-order valence-corrected chi connectivity index (χ4v) is 4.24. The van der Waals surface area contributed by atoms with E-state index in [1.165, 1.54) is 19.3 Å². The molecule has 0 unspecified atom stereocenters. The van der Waals surface area contributed by atoms with Crippen LogP contribution in [0.25, 0.3) is 0 Å². The highest BCUT2D eigenvalue weighted by molar-refractivity contribution is 5.89. The highest BCUT2D eigenvalue weighted by Gasteiger charge is 2.33. The topological polar surface area (TPSA) is 76.2 Å². The summed E-state index contributed by atoms with van der Waals surface area (Å²) in [5.41, 5.74) is 1.79. The molecule has 1 aliphatic heterocycles. The molecule has 2 aromatic heterocycles. The highest BCUT2D eigenvalue weighted by Crippen LogP contribution is 2.34. The normalized spacial score (nSPS) is 21.3. The molecule has 7 nitrogen and oxygen atoms in total. The van der Waals surface area contributed by atoms with E-state index in [0.717, 1.165) is 55.2 Å². The first-order chi connectivity index (χ1) is 12.6. The Balaban J connectivity index is 1.51. The van der Waals surface area contributed by atoms with E-state index in [4.69, 9.17) is 4.52 Å². The first kappa shape index (κ1) is 17.1. The van der Waals surface area contributed by atoms with E-state index in [1.807, 2.05) is 35.6 Å². The van der Waals surface area contributed by atoms with E-state index < -0.39 is 0 Å². The summed E-state index contributed by atoms with van der Waals surface area (Å²) in [6, 6.07) is 4.16. The quantitative estimate of drug-likeness (QED) is 0.885. The first-order valence-corrected chi connectivity index (χ1v) is 9.69. The zero-order chi connectivity index (χ0) is 18.1. The van der Waals surface area contributed by atoms with E-state index >= 15 is 0 Å². The van der Waals surface area contributed by atoms with E-state index in [1.54, 1.807) is 0 Å². The van der Waals surface area contributed by atoms with Gasteiger partial charge in [0.05, 0.1) is 23.5 Å². The van der Waals surface area contributed by atoms with Gasteiger partial charge in [0.15, 0.2) is 5.76 Å². The summed E-state index contributed by atoms with van der Waals surface area (Å²) in [5, 5.41) is 11.7. The Morgan fingerprint density at radius 3 is 2.65 bits per heavy atom. The molecule has 3 heterocycles. The summed E-state index contributed by atoms with van der Waals surface area (Å²) in [6.45, 7) is 4.61. The van der Waals surface area contributed by atoms with Crippen molar-refractivity contribution in [2.45, 2.75) is 70.9 Å². The van der Waals surface area contributed by atoms with Gasteiger partial charge in [-0.2, -0.15) is 5.10 Å². The molecule has 1 saturated heterocycles. The molecule has 0 aromatic carbocycles. The monoisotopic (exact) mass is 357 g/mol. The Morgan fingerprint density at radius 2 is 1.92 bits per heavy atom. The zero-order valence-corrected chi connectivity index (χ0v) is 15.6. The van der Waals surface area contributed by atoms with Crippen molar-refractivity contribution in [3.8, 4) is 0 Å². The van der Waals surface area contributed by atoms with Crippen molar-refractivity contribution in [2.24, 2.45) is 0 Å². The summed E-state index contributed by atoms with van der Waals surface area (Å²) in [5.74, 6) is 1.57.